The van der Waals surface area contributed by atoms with Gasteiger partial charge in [-0.15, -0.1) is 11.3 Å². The van der Waals surface area contributed by atoms with E-state index in [4.69, 9.17) is 0 Å². The number of pyridine rings is 1. The summed E-state index contributed by atoms with van der Waals surface area (Å²) >= 11 is 1.28. The fraction of sp³-hybridized carbons (Fsp3) is 0. The number of thiophene rings is 1. The molecule has 7 heteroatoms. The lowest BCUT2D eigenvalue weighted by Crippen LogP contribution is -2.04. The van der Waals surface area contributed by atoms with E-state index in [1.807, 2.05) is 0 Å². The summed E-state index contributed by atoms with van der Waals surface area (Å²) in [5, 5.41) is 42.5. The van der Waals surface area contributed by atoms with E-state index < -0.39 is 17.2 Å². The molecule has 120 valence electrons. The standard InChI is InChI=1S/C17H11NO5S/c19-10-2-1-9-14(8-3-4-24-16(8)17(23)18-9)13(10)7-5-11(20)15(22)12(21)6-7/h1-6,19-22H,(H,18,23). The number of aromatic nitrogens is 1. The molecule has 6 nitrogen and oxygen atoms in total. The fourth-order valence-corrected chi connectivity index (χ4v) is 3.67. The highest BCUT2D eigenvalue weighted by Crippen LogP contribution is 2.44. The van der Waals surface area contributed by atoms with Crippen LogP contribution in [0.25, 0.3) is 32.1 Å². The van der Waals surface area contributed by atoms with Crippen molar-refractivity contribution in [3.8, 4) is 34.1 Å². The van der Waals surface area contributed by atoms with Crippen molar-refractivity contribution < 1.29 is 20.4 Å². The van der Waals surface area contributed by atoms with Crippen LogP contribution in [0.1, 0.15) is 0 Å². The molecule has 0 atom stereocenters. The van der Waals surface area contributed by atoms with Gasteiger partial charge in [-0.3, -0.25) is 4.79 Å². The van der Waals surface area contributed by atoms with E-state index in [1.54, 1.807) is 17.5 Å². The van der Waals surface area contributed by atoms with Gasteiger partial charge in [-0.2, -0.15) is 0 Å². The lowest BCUT2D eigenvalue weighted by atomic mass is 9.97. The maximum absolute atomic E-state index is 12.1. The van der Waals surface area contributed by atoms with Crippen LogP contribution in [0.5, 0.6) is 23.0 Å². The molecule has 0 spiro atoms. The predicted molar refractivity (Wildman–Crippen MR) is 92.0 cm³/mol. The summed E-state index contributed by atoms with van der Waals surface area (Å²) in [5.41, 5.74) is 0.953. The van der Waals surface area contributed by atoms with Crippen molar-refractivity contribution in [2.45, 2.75) is 0 Å². The van der Waals surface area contributed by atoms with Crippen molar-refractivity contribution >= 4 is 32.3 Å². The summed E-state index contributed by atoms with van der Waals surface area (Å²) in [6.07, 6.45) is 0. The molecule has 0 aliphatic rings. The highest BCUT2D eigenvalue weighted by atomic mass is 32.1. The Labute approximate surface area is 138 Å². The molecule has 24 heavy (non-hydrogen) atoms. The molecule has 0 unspecified atom stereocenters. The fourth-order valence-electron chi connectivity index (χ4n) is 2.88. The molecule has 2 aromatic carbocycles. The molecule has 0 bridgehead atoms. The van der Waals surface area contributed by atoms with Crippen molar-refractivity contribution in [1.29, 1.82) is 0 Å². The monoisotopic (exact) mass is 341 g/mol. The van der Waals surface area contributed by atoms with Crippen LogP contribution < -0.4 is 5.56 Å². The Balaban J connectivity index is 2.21. The van der Waals surface area contributed by atoms with E-state index in [9.17, 15) is 25.2 Å². The number of H-pyrrole nitrogens is 1. The molecule has 0 aliphatic carbocycles. The van der Waals surface area contributed by atoms with Crippen LogP contribution in [0.3, 0.4) is 0 Å². The number of aromatic amines is 1. The average molecular weight is 341 g/mol. The van der Waals surface area contributed by atoms with Gasteiger partial charge in [0.25, 0.3) is 5.56 Å². The van der Waals surface area contributed by atoms with Crippen LogP contribution in [-0.2, 0) is 0 Å². The van der Waals surface area contributed by atoms with E-state index in [2.05, 4.69) is 4.98 Å². The number of phenolic OH excluding ortho intramolecular Hbond substituents is 4. The number of aromatic hydroxyl groups is 4. The molecular formula is C17H11NO5S. The molecule has 0 aliphatic heterocycles. The molecule has 4 rings (SSSR count). The van der Waals surface area contributed by atoms with Crippen LogP contribution in [0.2, 0.25) is 0 Å². The summed E-state index contributed by atoms with van der Waals surface area (Å²) in [7, 11) is 0. The van der Waals surface area contributed by atoms with Gasteiger partial charge >= 0.3 is 0 Å². The normalized spacial score (nSPS) is 11.3. The molecule has 2 heterocycles. The van der Waals surface area contributed by atoms with Gasteiger partial charge in [0, 0.05) is 21.9 Å². The first-order valence-electron chi connectivity index (χ1n) is 6.98. The minimum Gasteiger partial charge on any atom is -0.507 e. The summed E-state index contributed by atoms with van der Waals surface area (Å²) in [6.45, 7) is 0. The third-order valence-electron chi connectivity index (χ3n) is 3.93. The number of phenols is 4. The average Bonchev–Trinajstić information content (AvgIpc) is 3.03. The zero-order valence-electron chi connectivity index (χ0n) is 12.1. The zero-order chi connectivity index (χ0) is 17.0. The summed E-state index contributed by atoms with van der Waals surface area (Å²) in [5.74, 6) is -1.72. The summed E-state index contributed by atoms with van der Waals surface area (Å²) in [4.78, 5) is 14.9. The number of fused-ring (bicyclic) bond motifs is 3. The Morgan fingerprint density at radius 1 is 0.917 bits per heavy atom. The minimum atomic E-state index is -0.632. The first-order valence-corrected chi connectivity index (χ1v) is 7.86. The second-order valence-corrected chi connectivity index (χ2v) is 6.28. The smallest absolute Gasteiger partial charge is 0.266 e. The topological polar surface area (TPSA) is 114 Å². The minimum absolute atomic E-state index is 0.0773. The number of nitrogens with one attached hydrogen (secondary N) is 1. The van der Waals surface area contributed by atoms with E-state index in [0.29, 0.717) is 32.1 Å². The third-order valence-corrected chi connectivity index (χ3v) is 4.84. The van der Waals surface area contributed by atoms with Gasteiger partial charge in [-0.05, 0) is 41.3 Å². The molecule has 0 radical (unpaired) electrons. The number of hydrogen-bond donors (Lipinski definition) is 5. The third kappa shape index (κ3) is 1.92. The lowest BCUT2D eigenvalue weighted by molar-refractivity contribution is 0.368. The number of rotatable bonds is 1. The Kier molecular flexibility index (Phi) is 2.94. The largest absolute Gasteiger partial charge is 0.507 e. The second-order valence-electron chi connectivity index (χ2n) is 5.36. The Hall–Kier alpha value is -3.19. The molecule has 2 aromatic heterocycles. The first-order chi connectivity index (χ1) is 11.5. The van der Waals surface area contributed by atoms with Crippen molar-refractivity contribution in [2.75, 3.05) is 0 Å². The number of benzene rings is 2. The van der Waals surface area contributed by atoms with Crippen LogP contribution >= 0.6 is 11.3 Å². The SMILES string of the molecule is O=c1[nH]c2ccc(O)c(-c3cc(O)c(O)c(O)c3)c2c2ccsc12. The maximum atomic E-state index is 12.1. The second kappa shape index (κ2) is 4.90. The van der Waals surface area contributed by atoms with E-state index >= 15 is 0 Å². The molecule has 0 fully saturated rings. The van der Waals surface area contributed by atoms with E-state index in [-0.39, 0.29) is 11.3 Å². The van der Waals surface area contributed by atoms with Crippen molar-refractivity contribution in [1.82, 2.24) is 4.98 Å². The molecule has 0 saturated heterocycles. The van der Waals surface area contributed by atoms with Gasteiger partial charge in [0.15, 0.2) is 17.2 Å². The Bertz CT molecular complexity index is 1150. The number of hydrogen-bond acceptors (Lipinski definition) is 6. The maximum Gasteiger partial charge on any atom is 0.266 e. The van der Waals surface area contributed by atoms with Crippen LogP contribution in [0.4, 0.5) is 0 Å². The molecule has 5 N–H and O–H groups in total. The first kappa shape index (κ1) is 14.4. The lowest BCUT2D eigenvalue weighted by Gasteiger charge is -2.12. The van der Waals surface area contributed by atoms with Crippen LogP contribution in [0.15, 0.2) is 40.5 Å². The summed E-state index contributed by atoms with van der Waals surface area (Å²) in [6, 6.07) is 7.28. The van der Waals surface area contributed by atoms with Crippen molar-refractivity contribution in [3.05, 3.63) is 46.1 Å². The predicted octanol–water partition coefficient (Wildman–Crippen LogP) is 3.23. The highest BCUT2D eigenvalue weighted by Gasteiger charge is 2.18. The molecule has 0 saturated carbocycles. The molecule has 0 amide bonds. The zero-order valence-corrected chi connectivity index (χ0v) is 12.9. The molecular weight excluding hydrogens is 330 g/mol. The van der Waals surface area contributed by atoms with Gasteiger partial charge in [0.2, 0.25) is 0 Å². The quantitative estimate of drug-likeness (QED) is 0.341. The van der Waals surface area contributed by atoms with E-state index in [1.165, 1.54) is 29.5 Å². The van der Waals surface area contributed by atoms with E-state index in [0.717, 1.165) is 0 Å². The molecule has 4 aromatic rings. The van der Waals surface area contributed by atoms with Crippen LogP contribution in [0, 0.1) is 0 Å². The highest BCUT2D eigenvalue weighted by molar-refractivity contribution is 7.17. The van der Waals surface area contributed by atoms with Gasteiger partial charge in [-0.25, -0.2) is 0 Å². The van der Waals surface area contributed by atoms with Gasteiger partial charge in [0.05, 0.1) is 0 Å². The summed E-state index contributed by atoms with van der Waals surface area (Å²) < 4.78 is 0.515. The van der Waals surface area contributed by atoms with Crippen LogP contribution in [-0.4, -0.2) is 25.4 Å². The van der Waals surface area contributed by atoms with Gasteiger partial charge < -0.3 is 25.4 Å². The van der Waals surface area contributed by atoms with Gasteiger partial charge in [-0.1, -0.05) is 0 Å². The van der Waals surface area contributed by atoms with Crippen molar-refractivity contribution in [2.24, 2.45) is 0 Å². The van der Waals surface area contributed by atoms with Crippen molar-refractivity contribution in [3.63, 3.8) is 0 Å². The van der Waals surface area contributed by atoms with Gasteiger partial charge in [0.1, 0.15) is 10.4 Å². The Morgan fingerprint density at radius 3 is 2.33 bits per heavy atom. The Morgan fingerprint density at radius 2 is 1.62 bits per heavy atom.